The fourth-order valence-electron chi connectivity index (χ4n) is 6.08. The number of hydrogen-bond acceptors (Lipinski definition) is 4. The third-order valence-corrected chi connectivity index (χ3v) is 7.80. The Kier molecular flexibility index (Phi) is 5.87. The van der Waals surface area contributed by atoms with E-state index in [-0.39, 0.29) is 11.7 Å². The Morgan fingerprint density at radius 2 is 1.73 bits per heavy atom. The lowest BCUT2D eigenvalue weighted by Crippen LogP contribution is -2.36. The van der Waals surface area contributed by atoms with Gasteiger partial charge in [-0.15, -0.1) is 0 Å². The molecule has 3 aliphatic heterocycles. The summed E-state index contributed by atoms with van der Waals surface area (Å²) in [7, 11) is 1.95. The van der Waals surface area contributed by atoms with E-state index in [1.807, 2.05) is 11.6 Å². The van der Waals surface area contributed by atoms with Gasteiger partial charge in [-0.25, -0.2) is 4.79 Å². The number of benzene rings is 1. The normalized spacial score (nSPS) is 24.6. The number of aryl methyl sites for hydroxylation is 1. The second-order valence-electron chi connectivity index (χ2n) is 9.72. The van der Waals surface area contributed by atoms with Gasteiger partial charge in [-0.2, -0.15) is 0 Å². The summed E-state index contributed by atoms with van der Waals surface area (Å²) >= 11 is 0. The summed E-state index contributed by atoms with van der Waals surface area (Å²) in [5.41, 5.74) is 3.59. The van der Waals surface area contributed by atoms with Crippen LogP contribution in [0.3, 0.4) is 0 Å². The maximum absolute atomic E-state index is 13.2. The van der Waals surface area contributed by atoms with Gasteiger partial charge in [0.2, 0.25) is 0 Å². The van der Waals surface area contributed by atoms with E-state index in [1.165, 1.54) is 50.9 Å². The number of rotatable bonds is 4. The number of nitrogens with zero attached hydrogens (tertiary/aromatic N) is 3. The molecule has 3 saturated heterocycles. The number of aromatic nitrogens is 2. The van der Waals surface area contributed by atoms with Gasteiger partial charge in [0.15, 0.2) is 0 Å². The molecule has 6 heteroatoms. The van der Waals surface area contributed by atoms with Gasteiger partial charge in [0, 0.05) is 26.7 Å². The largest absolute Gasteiger partial charge is 0.370 e. The first-order valence-electron chi connectivity index (χ1n) is 12.1. The summed E-state index contributed by atoms with van der Waals surface area (Å²) in [5.74, 6) is 1.79. The minimum Gasteiger partial charge on any atom is -0.370 e. The third-order valence-electron chi connectivity index (χ3n) is 7.80. The molecule has 0 radical (unpaired) electrons. The van der Waals surface area contributed by atoms with Crippen molar-refractivity contribution in [2.45, 2.75) is 51.0 Å². The highest BCUT2D eigenvalue weighted by molar-refractivity contribution is 5.89. The number of nitrogens with one attached hydrogen (secondary N) is 2. The highest BCUT2D eigenvalue weighted by Gasteiger charge is 2.27. The van der Waals surface area contributed by atoms with Crippen molar-refractivity contribution in [1.82, 2.24) is 19.8 Å². The predicted octanol–water partition coefficient (Wildman–Crippen LogP) is 2.87. The summed E-state index contributed by atoms with van der Waals surface area (Å²) < 4.78 is 3.94. The maximum Gasteiger partial charge on any atom is 0.329 e. The summed E-state index contributed by atoms with van der Waals surface area (Å²) in [6.07, 6.45) is 8.89. The summed E-state index contributed by atoms with van der Waals surface area (Å²) in [4.78, 5) is 15.7. The molecule has 1 aromatic carbocycles. The molecule has 1 aromatic heterocycles. The van der Waals surface area contributed by atoms with E-state index in [1.54, 1.807) is 0 Å². The Morgan fingerprint density at radius 1 is 0.967 bits per heavy atom. The highest BCUT2D eigenvalue weighted by atomic mass is 16.1. The Bertz CT molecular complexity index is 912. The lowest BCUT2D eigenvalue weighted by Gasteiger charge is -2.36. The van der Waals surface area contributed by atoms with Gasteiger partial charge in [-0.05, 0) is 88.5 Å². The van der Waals surface area contributed by atoms with Crippen LogP contribution in [0, 0.1) is 11.8 Å². The number of piperidine rings is 3. The van der Waals surface area contributed by atoms with Crippen molar-refractivity contribution < 1.29 is 0 Å². The summed E-state index contributed by atoms with van der Waals surface area (Å²) in [6, 6.07) is 6.77. The van der Waals surface area contributed by atoms with Crippen LogP contribution in [0.5, 0.6) is 0 Å². The molecule has 2 aromatic rings. The first-order chi connectivity index (χ1) is 14.7. The smallest absolute Gasteiger partial charge is 0.329 e. The lowest BCUT2D eigenvalue weighted by molar-refractivity contribution is 0.268. The number of imidazole rings is 1. The first-order valence-corrected chi connectivity index (χ1v) is 12.1. The van der Waals surface area contributed by atoms with Crippen molar-refractivity contribution >= 4 is 16.7 Å². The first kappa shape index (κ1) is 20.1. The average Bonchev–Trinajstić information content (AvgIpc) is 3.06. The van der Waals surface area contributed by atoms with Gasteiger partial charge in [-0.3, -0.25) is 9.13 Å². The van der Waals surface area contributed by atoms with Crippen LogP contribution >= 0.6 is 0 Å². The van der Waals surface area contributed by atoms with E-state index < -0.39 is 0 Å². The molecule has 0 aliphatic carbocycles. The predicted molar refractivity (Wildman–Crippen MR) is 123 cm³/mol. The van der Waals surface area contributed by atoms with Crippen LogP contribution < -0.4 is 21.2 Å². The van der Waals surface area contributed by atoms with Crippen LogP contribution in [0.2, 0.25) is 0 Å². The van der Waals surface area contributed by atoms with Gasteiger partial charge < -0.3 is 15.5 Å². The average molecular weight is 412 g/mol. The Balaban J connectivity index is 1.36. The Hall–Kier alpha value is -1.79. The van der Waals surface area contributed by atoms with E-state index in [4.69, 9.17) is 0 Å². The number of anilines is 1. The standard InChI is InChI=1S/C24H37N5O/c1-27-23-21(28-14-9-19(10-15-28)16-18-7-12-25-13-8-18)5-2-6-22(23)29(24(27)30)20-4-3-11-26-17-20/h2,5-6,18-20,25-26H,3-4,7-17H2,1H3. The second-order valence-corrected chi connectivity index (χ2v) is 9.72. The molecule has 2 N–H and O–H groups in total. The van der Waals surface area contributed by atoms with Crippen LogP contribution in [-0.4, -0.2) is 48.4 Å². The molecule has 5 rings (SSSR count). The van der Waals surface area contributed by atoms with Crippen LogP contribution in [0.4, 0.5) is 5.69 Å². The van der Waals surface area contributed by atoms with E-state index in [9.17, 15) is 4.79 Å². The van der Waals surface area contributed by atoms with E-state index in [0.717, 1.165) is 61.9 Å². The molecule has 4 heterocycles. The maximum atomic E-state index is 13.2. The quantitative estimate of drug-likeness (QED) is 0.812. The molecule has 1 atom stereocenters. The molecular formula is C24H37N5O. The Labute approximate surface area is 179 Å². The molecular weight excluding hydrogens is 374 g/mol. The number of hydrogen-bond donors (Lipinski definition) is 2. The minimum atomic E-state index is 0.131. The molecule has 0 bridgehead atoms. The van der Waals surface area contributed by atoms with Crippen LogP contribution in [0.1, 0.15) is 51.0 Å². The van der Waals surface area contributed by atoms with Crippen molar-refractivity contribution in [3.63, 3.8) is 0 Å². The van der Waals surface area contributed by atoms with Gasteiger partial charge in [0.05, 0.1) is 22.8 Å². The van der Waals surface area contributed by atoms with Gasteiger partial charge in [0.25, 0.3) is 0 Å². The SMILES string of the molecule is Cn1c(=O)n(C2CCCNC2)c2cccc(N3CCC(CC4CCNCC4)CC3)c21. The van der Waals surface area contributed by atoms with Crippen molar-refractivity contribution in [2.75, 3.05) is 44.2 Å². The van der Waals surface area contributed by atoms with Crippen molar-refractivity contribution in [2.24, 2.45) is 18.9 Å². The molecule has 0 amide bonds. The summed E-state index contributed by atoms with van der Waals surface area (Å²) in [5, 5.41) is 6.96. The van der Waals surface area contributed by atoms with Crippen LogP contribution in [0.15, 0.2) is 23.0 Å². The van der Waals surface area contributed by atoms with Crippen molar-refractivity contribution in [1.29, 1.82) is 0 Å². The van der Waals surface area contributed by atoms with Gasteiger partial charge in [0.1, 0.15) is 0 Å². The lowest BCUT2D eigenvalue weighted by atomic mass is 9.83. The topological polar surface area (TPSA) is 54.2 Å². The molecule has 164 valence electrons. The molecule has 1 unspecified atom stereocenters. The van der Waals surface area contributed by atoms with E-state index >= 15 is 0 Å². The zero-order chi connectivity index (χ0) is 20.5. The molecule has 0 saturated carbocycles. The second kappa shape index (κ2) is 8.75. The van der Waals surface area contributed by atoms with E-state index in [0.29, 0.717) is 0 Å². The molecule has 30 heavy (non-hydrogen) atoms. The zero-order valence-corrected chi connectivity index (χ0v) is 18.4. The number of para-hydroxylation sites is 1. The molecule has 3 fully saturated rings. The molecule has 3 aliphatic rings. The zero-order valence-electron chi connectivity index (χ0n) is 18.4. The van der Waals surface area contributed by atoms with Gasteiger partial charge >= 0.3 is 5.69 Å². The minimum absolute atomic E-state index is 0.131. The summed E-state index contributed by atoms with van der Waals surface area (Å²) in [6.45, 7) is 6.58. The van der Waals surface area contributed by atoms with Crippen LogP contribution in [0.25, 0.3) is 11.0 Å². The van der Waals surface area contributed by atoms with Crippen LogP contribution in [-0.2, 0) is 7.05 Å². The molecule has 0 spiro atoms. The van der Waals surface area contributed by atoms with Crippen molar-refractivity contribution in [3.05, 3.63) is 28.7 Å². The Morgan fingerprint density at radius 3 is 2.47 bits per heavy atom. The fraction of sp³-hybridized carbons (Fsp3) is 0.708. The third kappa shape index (κ3) is 3.80. The highest BCUT2D eigenvalue weighted by Crippen LogP contribution is 2.34. The van der Waals surface area contributed by atoms with E-state index in [2.05, 4.69) is 38.3 Å². The fourth-order valence-corrected chi connectivity index (χ4v) is 6.08. The molecule has 6 nitrogen and oxygen atoms in total. The number of fused-ring (bicyclic) bond motifs is 1. The monoisotopic (exact) mass is 411 g/mol. The van der Waals surface area contributed by atoms with Gasteiger partial charge in [-0.1, -0.05) is 6.07 Å². The van der Waals surface area contributed by atoms with Crippen molar-refractivity contribution in [3.8, 4) is 0 Å².